The maximum Gasteiger partial charge on any atom is 0.198 e. The molecule has 0 aromatic carbocycles. The molecule has 1 saturated heterocycles. The van der Waals surface area contributed by atoms with Gasteiger partial charge in [0.25, 0.3) is 0 Å². The molecule has 1 spiro atoms. The number of Topliss-reactive ketones (excluding diaryl/α,β-unsaturated/α-hetero) is 1. The lowest BCUT2D eigenvalue weighted by atomic mass is 9.44. The zero-order valence-corrected chi connectivity index (χ0v) is 25.1. The fraction of sp³-hybridized carbons (Fsp3) is 0.839. The van der Waals surface area contributed by atoms with Crippen molar-refractivity contribution in [1.82, 2.24) is 0 Å². The van der Waals surface area contributed by atoms with Crippen molar-refractivity contribution < 1.29 is 47.5 Å². The van der Waals surface area contributed by atoms with Gasteiger partial charge in [0.15, 0.2) is 17.8 Å². The number of ether oxygens (including phenoxy) is 7. The van der Waals surface area contributed by atoms with Gasteiger partial charge in [0.1, 0.15) is 24.4 Å². The van der Waals surface area contributed by atoms with E-state index in [1.165, 1.54) is 0 Å². The molecule has 3 saturated carbocycles. The van der Waals surface area contributed by atoms with E-state index < -0.39 is 36.3 Å². The van der Waals surface area contributed by atoms with E-state index in [2.05, 4.69) is 6.92 Å². The van der Waals surface area contributed by atoms with Crippen LogP contribution >= 0.6 is 0 Å². The van der Waals surface area contributed by atoms with Crippen LogP contribution in [0.1, 0.15) is 67.5 Å². The third-order valence-electron chi connectivity index (χ3n) is 11.4. The first kappa shape index (κ1) is 29.7. The Morgan fingerprint density at radius 3 is 2.49 bits per heavy atom. The largest absolute Gasteiger partial charge is 0.461 e. The molecule has 4 aliphatic carbocycles. The summed E-state index contributed by atoms with van der Waals surface area (Å²) in [6, 6.07) is 1.97. The Labute approximate surface area is 242 Å². The summed E-state index contributed by atoms with van der Waals surface area (Å²) < 4.78 is 47.9. The minimum Gasteiger partial charge on any atom is -0.461 e. The Bertz CT molecular complexity index is 1110. The summed E-state index contributed by atoms with van der Waals surface area (Å²) in [7, 11) is 8.17. The first-order chi connectivity index (χ1) is 19.7. The van der Waals surface area contributed by atoms with Gasteiger partial charge in [0, 0.05) is 47.5 Å². The third-order valence-corrected chi connectivity index (χ3v) is 11.4. The van der Waals surface area contributed by atoms with Crippen molar-refractivity contribution in [3.63, 3.8) is 0 Å². The van der Waals surface area contributed by atoms with Gasteiger partial charge in [-0.2, -0.15) is 0 Å². The molecule has 2 bridgehead atoms. The van der Waals surface area contributed by atoms with Gasteiger partial charge in [-0.3, -0.25) is 4.79 Å². The Balaban J connectivity index is 1.40. The van der Waals surface area contributed by atoms with Crippen LogP contribution in [0.2, 0.25) is 0 Å². The molecule has 2 heterocycles. The Kier molecular flexibility index (Phi) is 7.94. The summed E-state index contributed by atoms with van der Waals surface area (Å²) in [6.07, 6.45) is 3.22. The van der Waals surface area contributed by atoms with Crippen LogP contribution in [0.5, 0.6) is 0 Å². The SMILES string of the molecule is COC[C@H]1O[C@@H](OC2C[C@@H]3C[C@@]4(CC[C@@H]5c6ccoc6C(=O)C[C@@]5(C)[C@H]24)C[C@]3(O)COC)[C@H](OC)[C@@H](OC)[C@@H]1OC. The molecule has 0 amide bonds. The van der Waals surface area contributed by atoms with Crippen molar-refractivity contribution in [3.8, 4) is 0 Å². The van der Waals surface area contributed by atoms with Crippen molar-refractivity contribution in [2.45, 2.75) is 93.8 Å². The molecular weight excluding hydrogens is 532 g/mol. The zero-order chi connectivity index (χ0) is 29.2. The normalized spacial score (nSPS) is 47.1. The molecule has 10 nitrogen and oxygen atoms in total. The Morgan fingerprint density at radius 1 is 1.05 bits per heavy atom. The number of aliphatic hydroxyl groups is 1. The molecule has 12 atom stereocenters. The molecule has 1 aliphatic heterocycles. The fourth-order valence-corrected chi connectivity index (χ4v) is 10.1. The van der Waals surface area contributed by atoms with Crippen LogP contribution in [0.3, 0.4) is 0 Å². The average Bonchev–Trinajstić information content (AvgIpc) is 3.50. The van der Waals surface area contributed by atoms with E-state index in [0.29, 0.717) is 31.6 Å². The predicted molar refractivity (Wildman–Crippen MR) is 146 cm³/mol. The third kappa shape index (κ3) is 4.47. The molecule has 1 aromatic heterocycles. The van der Waals surface area contributed by atoms with Gasteiger partial charge in [-0.25, -0.2) is 0 Å². The topological polar surface area (TPSA) is 115 Å². The standard InChI is InChI=1S/C31H46O10/c1-29-13-20(32)23-18(8-10-39-23)19(29)7-9-30-12-17(31(33,15-30)16-35-3)11-21(27(29)30)40-28-26(38-6)25(37-5)24(36-4)22(41-28)14-34-2/h8,10,17,19,21-22,24-28,33H,7,9,11-16H2,1-6H3/t17-,19-,21?,22-,24-,25+,26-,27+,28-,29-,30+,31+/m1/s1. The first-order valence-electron chi connectivity index (χ1n) is 14.9. The molecule has 1 N–H and O–H groups in total. The predicted octanol–water partition coefficient (Wildman–Crippen LogP) is 3.35. The number of hydrogen-bond donors (Lipinski definition) is 1. The van der Waals surface area contributed by atoms with Crippen LogP contribution in [-0.4, -0.2) is 102 Å². The number of furan rings is 1. The maximum atomic E-state index is 13.5. The van der Waals surface area contributed by atoms with Gasteiger partial charge in [-0.05, 0) is 66.8 Å². The van der Waals surface area contributed by atoms with Crippen LogP contribution in [-0.2, 0) is 33.2 Å². The van der Waals surface area contributed by atoms with Gasteiger partial charge in [-0.15, -0.1) is 0 Å². The molecule has 5 aliphatic rings. The van der Waals surface area contributed by atoms with E-state index >= 15 is 0 Å². The minimum atomic E-state index is -0.948. The number of carbonyl (C=O) groups is 1. The fourth-order valence-electron chi connectivity index (χ4n) is 10.1. The second-order valence-corrected chi connectivity index (χ2v) is 13.4. The summed E-state index contributed by atoms with van der Waals surface area (Å²) in [5.74, 6) is 0.726. The summed E-state index contributed by atoms with van der Waals surface area (Å²) in [5, 5.41) is 12.0. The monoisotopic (exact) mass is 578 g/mol. The molecule has 0 radical (unpaired) electrons. The summed E-state index contributed by atoms with van der Waals surface area (Å²) in [6.45, 7) is 2.84. The van der Waals surface area contributed by atoms with Gasteiger partial charge in [0.2, 0.25) is 0 Å². The quantitative estimate of drug-likeness (QED) is 0.468. The van der Waals surface area contributed by atoms with Crippen molar-refractivity contribution in [3.05, 3.63) is 23.7 Å². The summed E-state index contributed by atoms with van der Waals surface area (Å²) in [4.78, 5) is 13.5. The van der Waals surface area contributed by atoms with Crippen LogP contribution in [0.15, 0.2) is 16.7 Å². The van der Waals surface area contributed by atoms with Crippen LogP contribution in [0.25, 0.3) is 0 Å². The van der Waals surface area contributed by atoms with E-state index in [9.17, 15) is 9.90 Å². The van der Waals surface area contributed by atoms with Crippen LogP contribution in [0, 0.1) is 22.7 Å². The second kappa shape index (κ2) is 11.0. The summed E-state index contributed by atoms with van der Waals surface area (Å²) in [5.41, 5.74) is -0.502. The Hall–Kier alpha value is -1.37. The van der Waals surface area contributed by atoms with E-state index in [4.69, 9.17) is 37.6 Å². The van der Waals surface area contributed by atoms with Gasteiger partial charge < -0.3 is 42.7 Å². The molecule has 4 fully saturated rings. The highest BCUT2D eigenvalue weighted by Gasteiger charge is 2.70. The highest BCUT2D eigenvalue weighted by molar-refractivity contribution is 5.97. The maximum absolute atomic E-state index is 13.5. The number of methoxy groups -OCH3 is 5. The molecule has 41 heavy (non-hydrogen) atoms. The van der Waals surface area contributed by atoms with Crippen molar-refractivity contribution >= 4 is 5.78 Å². The van der Waals surface area contributed by atoms with Gasteiger partial charge >= 0.3 is 0 Å². The lowest BCUT2D eigenvalue weighted by Crippen LogP contribution is -2.63. The number of rotatable bonds is 9. The number of hydrogen-bond acceptors (Lipinski definition) is 10. The second-order valence-electron chi connectivity index (χ2n) is 13.4. The van der Waals surface area contributed by atoms with Crippen molar-refractivity contribution in [2.24, 2.45) is 22.7 Å². The van der Waals surface area contributed by atoms with Gasteiger partial charge in [0.05, 0.1) is 31.2 Å². The highest BCUT2D eigenvalue weighted by Crippen LogP contribution is 2.72. The Morgan fingerprint density at radius 2 is 1.80 bits per heavy atom. The summed E-state index contributed by atoms with van der Waals surface area (Å²) >= 11 is 0. The van der Waals surface area contributed by atoms with Crippen molar-refractivity contribution in [2.75, 3.05) is 48.8 Å². The van der Waals surface area contributed by atoms with E-state index in [-0.39, 0.29) is 47.1 Å². The lowest BCUT2D eigenvalue weighted by Gasteiger charge is -2.61. The van der Waals surface area contributed by atoms with Crippen LogP contribution < -0.4 is 0 Å². The molecule has 6 rings (SSSR count). The van der Waals surface area contributed by atoms with Crippen LogP contribution in [0.4, 0.5) is 0 Å². The molecular formula is C31H46O10. The smallest absolute Gasteiger partial charge is 0.198 e. The molecule has 10 heteroatoms. The lowest BCUT2D eigenvalue weighted by molar-refractivity contribution is -0.335. The molecule has 1 unspecified atom stereocenters. The highest BCUT2D eigenvalue weighted by atomic mass is 16.7. The van der Waals surface area contributed by atoms with Crippen molar-refractivity contribution in [1.29, 1.82) is 0 Å². The minimum absolute atomic E-state index is 0.00556. The van der Waals surface area contributed by atoms with E-state index in [0.717, 1.165) is 24.8 Å². The number of fused-ring (bicyclic) bond motifs is 5. The molecule has 230 valence electrons. The first-order valence-corrected chi connectivity index (χ1v) is 14.9. The van der Waals surface area contributed by atoms with E-state index in [1.54, 1.807) is 41.8 Å². The van der Waals surface area contributed by atoms with E-state index in [1.807, 2.05) is 6.07 Å². The zero-order valence-electron chi connectivity index (χ0n) is 25.1. The number of ketones is 1. The average molecular weight is 579 g/mol. The van der Waals surface area contributed by atoms with Gasteiger partial charge in [-0.1, -0.05) is 6.92 Å². The number of carbonyl (C=O) groups excluding carboxylic acids is 1. The molecule has 1 aromatic rings.